The first kappa shape index (κ1) is 13.2. The van der Waals surface area contributed by atoms with Crippen LogP contribution in [0.3, 0.4) is 0 Å². The summed E-state index contributed by atoms with van der Waals surface area (Å²) in [6, 6.07) is 10.4. The van der Waals surface area contributed by atoms with Gasteiger partial charge in [0.25, 0.3) is 0 Å². The third kappa shape index (κ3) is 2.70. The molecule has 2 heterocycles. The van der Waals surface area contributed by atoms with Crippen LogP contribution in [0.15, 0.2) is 36.5 Å². The second-order valence-electron chi connectivity index (χ2n) is 5.16. The van der Waals surface area contributed by atoms with Crippen LogP contribution in [0, 0.1) is 0 Å². The molecule has 0 bridgehead atoms. The van der Waals surface area contributed by atoms with Crippen molar-refractivity contribution in [3.63, 3.8) is 0 Å². The molecule has 20 heavy (non-hydrogen) atoms. The molecule has 1 N–H and O–H groups in total. The van der Waals surface area contributed by atoms with Crippen LogP contribution in [0.2, 0.25) is 0 Å². The second kappa shape index (κ2) is 6.09. The van der Waals surface area contributed by atoms with E-state index in [2.05, 4.69) is 46.3 Å². The van der Waals surface area contributed by atoms with Crippen molar-refractivity contribution in [1.29, 1.82) is 0 Å². The fourth-order valence-electron chi connectivity index (χ4n) is 2.74. The van der Waals surface area contributed by atoms with E-state index in [1.165, 1.54) is 11.3 Å². The van der Waals surface area contributed by atoms with E-state index in [-0.39, 0.29) is 0 Å². The predicted molar refractivity (Wildman–Crippen MR) is 78.9 cm³/mol. The lowest BCUT2D eigenvalue weighted by Crippen LogP contribution is -2.22. The maximum Gasteiger partial charge on any atom is 0.122 e. The van der Waals surface area contributed by atoms with Gasteiger partial charge < -0.3 is 10.1 Å². The number of nitrogens with zero attached hydrogens (tertiary/aromatic N) is 2. The van der Waals surface area contributed by atoms with Crippen molar-refractivity contribution < 1.29 is 4.74 Å². The van der Waals surface area contributed by atoms with Gasteiger partial charge in [0, 0.05) is 25.2 Å². The minimum Gasteiger partial charge on any atom is -0.493 e. The van der Waals surface area contributed by atoms with Crippen molar-refractivity contribution in [2.45, 2.75) is 32.4 Å². The number of hydrogen-bond acceptors (Lipinski definition) is 3. The molecule has 106 valence electrons. The van der Waals surface area contributed by atoms with Crippen LogP contribution >= 0.6 is 0 Å². The molecule has 1 aromatic heterocycles. The van der Waals surface area contributed by atoms with Crippen molar-refractivity contribution in [2.75, 3.05) is 13.2 Å². The first-order valence-corrected chi connectivity index (χ1v) is 7.31. The molecule has 0 spiro atoms. The van der Waals surface area contributed by atoms with E-state index in [4.69, 9.17) is 4.74 Å². The Labute approximate surface area is 119 Å². The average molecular weight is 271 g/mol. The molecule has 0 radical (unpaired) electrons. The lowest BCUT2D eigenvalue weighted by Gasteiger charge is -2.26. The van der Waals surface area contributed by atoms with Gasteiger partial charge >= 0.3 is 0 Å². The van der Waals surface area contributed by atoms with E-state index >= 15 is 0 Å². The van der Waals surface area contributed by atoms with Crippen molar-refractivity contribution in [3.8, 4) is 5.75 Å². The summed E-state index contributed by atoms with van der Waals surface area (Å²) in [4.78, 5) is 0. The van der Waals surface area contributed by atoms with Gasteiger partial charge in [-0.2, -0.15) is 5.10 Å². The standard InChI is InChI=1S/C16H21N3O/c1-2-17-11-14-7-9-18-19(14)12-13-8-10-20-16-6-4-3-5-15(13)16/h3-7,9,13,17H,2,8,10-12H2,1H3. The Hall–Kier alpha value is -1.81. The molecule has 1 unspecified atom stereocenters. The highest BCUT2D eigenvalue weighted by Crippen LogP contribution is 2.34. The summed E-state index contributed by atoms with van der Waals surface area (Å²) in [5, 5.41) is 7.83. The molecule has 0 aliphatic carbocycles. The minimum absolute atomic E-state index is 0.486. The van der Waals surface area contributed by atoms with Gasteiger partial charge in [0.1, 0.15) is 5.75 Å². The van der Waals surface area contributed by atoms with E-state index in [9.17, 15) is 0 Å². The summed E-state index contributed by atoms with van der Waals surface area (Å²) in [6.45, 7) is 5.70. The molecule has 1 atom stereocenters. The molecule has 1 aliphatic heterocycles. The van der Waals surface area contributed by atoms with Crippen LogP contribution in [0.25, 0.3) is 0 Å². The first-order valence-electron chi connectivity index (χ1n) is 7.31. The van der Waals surface area contributed by atoms with E-state index in [1.54, 1.807) is 0 Å². The van der Waals surface area contributed by atoms with Gasteiger partial charge in [-0.25, -0.2) is 0 Å². The highest BCUT2D eigenvalue weighted by Gasteiger charge is 2.22. The van der Waals surface area contributed by atoms with Crippen molar-refractivity contribution in [2.24, 2.45) is 0 Å². The van der Waals surface area contributed by atoms with Crippen LogP contribution in [0.1, 0.15) is 30.5 Å². The van der Waals surface area contributed by atoms with Gasteiger partial charge in [-0.05, 0) is 30.7 Å². The van der Waals surface area contributed by atoms with Crippen molar-refractivity contribution in [1.82, 2.24) is 15.1 Å². The molecule has 4 heteroatoms. The maximum absolute atomic E-state index is 5.73. The molecule has 0 saturated carbocycles. The van der Waals surface area contributed by atoms with E-state index in [0.717, 1.165) is 38.4 Å². The normalized spacial score (nSPS) is 17.6. The molecule has 2 aromatic rings. The monoisotopic (exact) mass is 271 g/mol. The number of aromatic nitrogens is 2. The zero-order valence-corrected chi connectivity index (χ0v) is 11.9. The van der Waals surface area contributed by atoms with Gasteiger partial charge in [-0.3, -0.25) is 4.68 Å². The molecule has 0 fully saturated rings. The van der Waals surface area contributed by atoms with Crippen molar-refractivity contribution in [3.05, 3.63) is 47.8 Å². The third-order valence-electron chi connectivity index (χ3n) is 3.84. The average Bonchev–Trinajstić information content (AvgIpc) is 2.93. The summed E-state index contributed by atoms with van der Waals surface area (Å²) in [5.74, 6) is 1.52. The van der Waals surface area contributed by atoms with Crippen LogP contribution < -0.4 is 10.1 Å². The fraction of sp³-hybridized carbons (Fsp3) is 0.438. The summed E-state index contributed by atoms with van der Waals surface area (Å²) >= 11 is 0. The first-order chi connectivity index (χ1) is 9.88. The number of benzene rings is 1. The Kier molecular flexibility index (Phi) is 4.02. The molecule has 1 aliphatic rings. The topological polar surface area (TPSA) is 39.1 Å². The second-order valence-corrected chi connectivity index (χ2v) is 5.16. The molecule has 4 nitrogen and oxygen atoms in total. The van der Waals surface area contributed by atoms with Gasteiger partial charge in [0.05, 0.1) is 12.3 Å². The van der Waals surface area contributed by atoms with Crippen LogP contribution in [-0.4, -0.2) is 22.9 Å². The van der Waals surface area contributed by atoms with Gasteiger partial charge in [-0.15, -0.1) is 0 Å². The Bertz CT molecular complexity index is 564. The third-order valence-corrected chi connectivity index (χ3v) is 3.84. The number of hydrogen-bond donors (Lipinski definition) is 1. The Morgan fingerprint density at radius 1 is 1.35 bits per heavy atom. The van der Waals surface area contributed by atoms with E-state index in [0.29, 0.717) is 5.92 Å². The number of ether oxygens (including phenoxy) is 1. The SMILES string of the molecule is CCNCc1ccnn1CC1CCOc2ccccc21. The highest BCUT2D eigenvalue weighted by atomic mass is 16.5. The quantitative estimate of drug-likeness (QED) is 0.908. The minimum atomic E-state index is 0.486. The number of para-hydroxylation sites is 1. The Balaban J connectivity index is 1.77. The smallest absolute Gasteiger partial charge is 0.122 e. The van der Waals surface area contributed by atoms with Gasteiger partial charge in [-0.1, -0.05) is 25.1 Å². The molecular weight excluding hydrogens is 250 g/mol. The number of rotatable bonds is 5. The number of nitrogens with one attached hydrogen (secondary N) is 1. The zero-order valence-electron chi connectivity index (χ0n) is 11.9. The van der Waals surface area contributed by atoms with Crippen LogP contribution in [0.4, 0.5) is 0 Å². The lowest BCUT2D eigenvalue weighted by atomic mass is 9.93. The summed E-state index contributed by atoms with van der Waals surface area (Å²) in [7, 11) is 0. The Morgan fingerprint density at radius 2 is 2.25 bits per heavy atom. The van der Waals surface area contributed by atoms with Gasteiger partial charge in [0.15, 0.2) is 0 Å². The van der Waals surface area contributed by atoms with E-state index in [1.807, 2.05) is 12.3 Å². The number of fused-ring (bicyclic) bond motifs is 1. The lowest BCUT2D eigenvalue weighted by molar-refractivity contribution is 0.255. The van der Waals surface area contributed by atoms with Gasteiger partial charge in [0.2, 0.25) is 0 Å². The molecule has 0 amide bonds. The highest BCUT2D eigenvalue weighted by molar-refractivity contribution is 5.37. The maximum atomic E-state index is 5.73. The Morgan fingerprint density at radius 3 is 3.15 bits per heavy atom. The van der Waals surface area contributed by atoms with Crippen LogP contribution in [0.5, 0.6) is 5.75 Å². The van der Waals surface area contributed by atoms with E-state index < -0.39 is 0 Å². The molecular formula is C16H21N3O. The fourth-order valence-corrected chi connectivity index (χ4v) is 2.74. The largest absolute Gasteiger partial charge is 0.493 e. The zero-order chi connectivity index (χ0) is 13.8. The molecule has 1 aromatic carbocycles. The molecule has 3 rings (SSSR count). The van der Waals surface area contributed by atoms with Crippen LogP contribution in [-0.2, 0) is 13.1 Å². The summed E-state index contributed by atoms with van der Waals surface area (Å²) in [5.41, 5.74) is 2.56. The summed E-state index contributed by atoms with van der Waals surface area (Å²) < 4.78 is 7.85. The molecule has 0 saturated heterocycles. The predicted octanol–water partition coefficient (Wildman–Crippen LogP) is 2.56. The van der Waals surface area contributed by atoms with Crippen molar-refractivity contribution >= 4 is 0 Å². The summed E-state index contributed by atoms with van der Waals surface area (Å²) in [6.07, 6.45) is 2.94.